The van der Waals surface area contributed by atoms with Gasteiger partial charge < -0.3 is 4.90 Å². The van der Waals surface area contributed by atoms with Crippen molar-refractivity contribution < 1.29 is 9.18 Å². The fourth-order valence-electron chi connectivity index (χ4n) is 1.96. The molecule has 0 saturated heterocycles. The topological polar surface area (TPSA) is 20.3 Å². The number of para-hydroxylation sites is 1. The van der Waals surface area contributed by atoms with Gasteiger partial charge in [0.2, 0.25) is 5.91 Å². The first-order chi connectivity index (χ1) is 7.97. The molecule has 92 valence electrons. The number of fused-ring (bicyclic) bond motifs is 1. The van der Waals surface area contributed by atoms with E-state index < -0.39 is 5.41 Å². The van der Waals surface area contributed by atoms with Crippen molar-refractivity contribution in [3.05, 3.63) is 24.0 Å². The van der Waals surface area contributed by atoms with E-state index in [1.165, 1.54) is 6.07 Å². The van der Waals surface area contributed by atoms with Gasteiger partial charge in [-0.2, -0.15) is 0 Å². The summed E-state index contributed by atoms with van der Waals surface area (Å²) in [4.78, 5) is 14.8. The molecule has 0 atom stereocenters. The molecule has 1 aromatic rings. The molecule has 1 heterocycles. The van der Waals surface area contributed by atoms with Gasteiger partial charge in [0.05, 0.1) is 11.1 Å². The van der Waals surface area contributed by atoms with Crippen LogP contribution >= 0.6 is 11.8 Å². The SMILES string of the molecule is CCN1C(=O)C(C)(C)CSc2cccc(F)c21. The predicted octanol–water partition coefficient (Wildman–Crippen LogP) is 3.31. The summed E-state index contributed by atoms with van der Waals surface area (Å²) in [6.07, 6.45) is 0. The van der Waals surface area contributed by atoms with Crippen LogP contribution in [0, 0.1) is 11.2 Å². The number of benzene rings is 1. The van der Waals surface area contributed by atoms with Crippen LogP contribution in [0.5, 0.6) is 0 Å². The fraction of sp³-hybridized carbons (Fsp3) is 0.462. The minimum atomic E-state index is -0.452. The van der Waals surface area contributed by atoms with Crippen molar-refractivity contribution >= 4 is 23.4 Å². The van der Waals surface area contributed by atoms with Crippen LogP contribution in [0.2, 0.25) is 0 Å². The first-order valence-corrected chi connectivity index (χ1v) is 6.69. The Morgan fingerprint density at radius 3 is 2.82 bits per heavy atom. The van der Waals surface area contributed by atoms with Crippen molar-refractivity contribution in [2.75, 3.05) is 17.2 Å². The smallest absolute Gasteiger partial charge is 0.233 e. The van der Waals surface area contributed by atoms with E-state index in [0.29, 0.717) is 18.0 Å². The molecular formula is C13H16FNOS. The van der Waals surface area contributed by atoms with Crippen molar-refractivity contribution in [1.82, 2.24) is 0 Å². The minimum Gasteiger partial charge on any atom is -0.309 e. The van der Waals surface area contributed by atoms with Gasteiger partial charge in [0, 0.05) is 17.2 Å². The lowest BCUT2D eigenvalue weighted by Gasteiger charge is -2.28. The van der Waals surface area contributed by atoms with Gasteiger partial charge in [0.15, 0.2) is 0 Å². The lowest BCUT2D eigenvalue weighted by atomic mass is 9.94. The van der Waals surface area contributed by atoms with Gasteiger partial charge in [0.1, 0.15) is 5.82 Å². The van der Waals surface area contributed by atoms with Crippen LogP contribution < -0.4 is 4.90 Å². The van der Waals surface area contributed by atoms with Crippen molar-refractivity contribution in [3.8, 4) is 0 Å². The van der Waals surface area contributed by atoms with Crippen LogP contribution in [0.4, 0.5) is 10.1 Å². The maximum Gasteiger partial charge on any atom is 0.233 e. The summed E-state index contributed by atoms with van der Waals surface area (Å²) in [5, 5.41) is 0. The molecule has 0 unspecified atom stereocenters. The van der Waals surface area contributed by atoms with E-state index in [-0.39, 0.29) is 11.7 Å². The monoisotopic (exact) mass is 253 g/mol. The standard InChI is InChI=1S/C13H16FNOS/c1-4-15-11-9(14)6-5-7-10(11)17-8-13(2,3)12(15)16/h5-7H,4,8H2,1-3H3. The zero-order chi connectivity index (χ0) is 12.6. The molecule has 2 rings (SSSR count). The highest BCUT2D eigenvalue weighted by atomic mass is 32.2. The van der Waals surface area contributed by atoms with Crippen LogP contribution in [0.3, 0.4) is 0 Å². The molecule has 0 saturated carbocycles. The van der Waals surface area contributed by atoms with Crippen molar-refractivity contribution in [1.29, 1.82) is 0 Å². The number of amides is 1. The number of anilines is 1. The summed E-state index contributed by atoms with van der Waals surface area (Å²) < 4.78 is 13.9. The van der Waals surface area contributed by atoms with E-state index in [4.69, 9.17) is 0 Å². The van der Waals surface area contributed by atoms with E-state index in [1.807, 2.05) is 26.8 Å². The third-order valence-corrected chi connectivity index (χ3v) is 4.45. The molecule has 0 N–H and O–H groups in total. The highest BCUT2D eigenvalue weighted by Gasteiger charge is 2.37. The Morgan fingerprint density at radius 2 is 2.18 bits per heavy atom. The van der Waals surface area contributed by atoms with Gasteiger partial charge in [-0.1, -0.05) is 19.9 Å². The molecule has 0 bridgehead atoms. The van der Waals surface area contributed by atoms with Gasteiger partial charge in [-0.3, -0.25) is 4.79 Å². The Labute approximate surface area is 105 Å². The lowest BCUT2D eigenvalue weighted by Crippen LogP contribution is -2.41. The second-order valence-electron chi connectivity index (χ2n) is 4.81. The lowest BCUT2D eigenvalue weighted by molar-refractivity contribution is -0.125. The number of nitrogens with zero attached hydrogens (tertiary/aromatic N) is 1. The quantitative estimate of drug-likeness (QED) is 0.765. The average Bonchev–Trinajstić information content (AvgIpc) is 2.38. The second-order valence-corrected chi connectivity index (χ2v) is 5.83. The van der Waals surface area contributed by atoms with Crippen LogP contribution in [0.1, 0.15) is 20.8 Å². The Hall–Kier alpha value is -1.03. The molecule has 1 aliphatic heterocycles. The van der Waals surface area contributed by atoms with Gasteiger partial charge in [-0.15, -0.1) is 11.8 Å². The highest BCUT2D eigenvalue weighted by Crippen LogP contribution is 2.41. The maximum absolute atomic E-state index is 13.9. The largest absolute Gasteiger partial charge is 0.309 e. The van der Waals surface area contributed by atoms with Gasteiger partial charge in [-0.05, 0) is 19.1 Å². The molecule has 4 heteroatoms. The van der Waals surface area contributed by atoms with Crippen LogP contribution in [-0.2, 0) is 4.79 Å². The molecule has 1 amide bonds. The third-order valence-electron chi connectivity index (χ3n) is 2.95. The van der Waals surface area contributed by atoms with Crippen molar-refractivity contribution in [2.45, 2.75) is 25.7 Å². The van der Waals surface area contributed by atoms with Crippen molar-refractivity contribution in [2.24, 2.45) is 5.41 Å². The van der Waals surface area contributed by atoms with Crippen molar-refractivity contribution in [3.63, 3.8) is 0 Å². The van der Waals surface area contributed by atoms with E-state index in [0.717, 1.165) is 4.90 Å². The normalized spacial score (nSPS) is 18.8. The summed E-state index contributed by atoms with van der Waals surface area (Å²) >= 11 is 1.55. The Bertz CT molecular complexity index is 459. The molecule has 0 aliphatic carbocycles. The molecule has 1 aliphatic rings. The number of halogens is 1. The number of carbonyl (C=O) groups is 1. The number of rotatable bonds is 1. The van der Waals surface area contributed by atoms with Gasteiger partial charge in [0.25, 0.3) is 0 Å². The first-order valence-electron chi connectivity index (χ1n) is 5.70. The molecule has 1 aromatic carbocycles. The third kappa shape index (κ3) is 2.06. The number of carbonyl (C=O) groups excluding carboxylic acids is 1. The van der Waals surface area contributed by atoms with E-state index in [2.05, 4.69) is 0 Å². The number of hydrogen-bond donors (Lipinski definition) is 0. The summed E-state index contributed by atoms with van der Waals surface area (Å²) in [5.41, 5.74) is -0.0119. The predicted molar refractivity (Wildman–Crippen MR) is 68.9 cm³/mol. The Kier molecular flexibility index (Phi) is 3.17. The van der Waals surface area contributed by atoms with Gasteiger partial charge >= 0.3 is 0 Å². The summed E-state index contributed by atoms with van der Waals surface area (Å²) in [6.45, 7) is 6.19. The Morgan fingerprint density at radius 1 is 1.47 bits per heavy atom. The fourth-order valence-corrected chi connectivity index (χ4v) is 3.12. The summed E-state index contributed by atoms with van der Waals surface area (Å²) in [6, 6.07) is 4.98. The molecular weight excluding hydrogens is 237 g/mol. The highest BCUT2D eigenvalue weighted by molar-refractivity contribution is 7.99. The molecule has 2 nitrogen and oxygen atoms in total. The molecule has 0 aromatic heterocycles. The van der Waals surface area contributed by atoms with Crippen LogP contribution in [-0.4, -0.2) is 18.2 Å². The van der Waals surface area contributed by atoms with Crippen LogP contribution in [0.15, 0.2) is 23.1 Å². The zero-order valence-electron chi connectivity index (χ0n) is 10.3. The molecule has 0 spiro atoms. The van der Waals surface area contributed by atoms with E-state index in [9.17, 15) is 9.18 Å². The average molecular weight is 253 g/mol. The van der Waals surface area contributed by atoms with Gasteiger partial charge in [-0.25, -0.2) is 4.39 Å². The van der Waals surface area contributed by atoms with E-state index in [1.54, 1.807) is 22.7 Å². The second kappa shape index (κ2) is 4.33. The first kappa shape index (κ1) is 12.4. The Balaban J connectivity index is 2.58. The number of hydrogen-bond acceptors (Lipinski definition) is 2. The zero-order valence-corrected chi connectivity index (χ0v) is 11.1. The maximum atomic E-state index is 13.9. The number of thioether (sulfide) groups is 1. The summed E-state index contributed by atoms with van der Waals surface area (Å²) in [7, 11) is 0. The molecule has 17 heavy (non-hydrogen) atoms. The minimum absolute atomic E-state index is 0.00338. The molecule has 0 radical (unpaired) electrons. The molecule has 0 fully saturated rings. The van der Waals surface area contributed by atoms with Crippen LogP contribution in [0.25, 0.3) is 0 Å². The summed E-state index contributed by atoms with van der Waals surface area (Å²) in [5.74, 6) is 0.359. The van der Waals surface area contributed by atoms with E-state index >= 15 is 0 Å².